The first-order valence-electron chi connectivity index (χ1n) is 4.50. The first-order chi connectivity index (χ1) is 7.28. The molecule has 0 aliphatic rings. The first kappa shape index (κ1) is 10.1. The molecule has 2 rings (SSSR count). The van der Waals surface area contributed by atoms with Gasteiger partial charge in [0, 0.05) is 10.7 Å². The Labute approximate surface area is 95.9 Å². The Balaban J connectivity index is 2.18. The highest BCUT2D eigenvalue weighted by atomic mass is 79.9. The highest BCUT2D eigenvalue weighted by Gasteiger charge is 1.98. The molecular weight excluding hydrogens is 256 g/mol. The molecule has 0 amide bonds. The normalized spacial score (nSPS) is 10.2. The van der Waals surface area contributed by atoms with E-state index in [0.29, 0.717) is 12.1 Å². The molecule has 0 bridgehead atoms. The van der Waals surface area contributed by atoms with E-state index in [1.165, 1.54) is 0 Å². The summed E-state index contributed by atoms with van der Waals surface area (Å²) in [7, 11) is 0. The standard InChI is InChI=1S/C11H9BrN2O/c12-11-3-1-2-9(4-11)6-14-7-10(8-15)5-13-14/h1-5,7-8H,6H2. The molecule has 0 atom stereocenters. The molecule has 0 saturated carbocycles. The maximum Gasteiger partial charge on any atom is 0.153 e. The number of aldehydes is 1. The molecule has 15 heavy (non-hydrogen) atoms. The molecule has 0 fully saturated rings. The van der Waals surface area contributed by atoms with Gasteiger partial charge in [-0.25, -0.2) is 0 Å². The van der Waals surface area contributed by atoms with Gasteiger partial charge in [-0.05, 0) is 17.7 Å². The molecule has 0 aliphatic carbocycles. The van der Waals surface area contributed by atoms with E-state index in [2.05, 4.69) is 21.0 Å². The summed E-state index contributed by atoms with van der Waals surface area (Å²) in [5, 5.41) is 4.08. The largest absolute Gasteiger partial charge is 0.298 e. The molecule has 0 aliphatic heterocycles. The van der Waals surface area contributed by atoms with Crippen LogP contribution in [0.1, 0.15) is 15.9 Å². The minimum atomic E-state index is 0.602. The van der Waals surface area contributed by atoms with Gasteiger partial charge in [0.2, 0.25) is 0 Å². The average molecular weight is 265 g/mol. The number of halogens is 1. The quantitative estimate of drug-likeness (QED) is 0.799. The fraction of sp³-hybridized carbons (Fsp3) is 0.0909. The first-order valence-corrected chi connectivity index (χ1v) is 5.29. The third-order valence-corrected chi connectivity index (χ3v) is 2.52. The number of benzene rings is 1. The molecule has 0 saturated heterocycles. The van der Waals surface area contributed by atoms with Crippen molar-refractivity contribution < 1.29 is 4.79 Å². The van der Waals surface area contributed by atoms with E-state index in [9.17, 15) is 4.79 Å². The average Bonchev–Trinajstić information content (AvgIpc) is 2.65. The van der Waals surface area contributed by atoms with E-state index in [1.807, 2.05) is 24.3 Å². The van der Waals surface area contributed by atoms with Crippen molar-refractivity contribution in [2.45, 2.75) is 6.54 Å². The summed E-state index contributed by atoms with van der Waals surface area (Å²) in [6.45, 7) is 0.674. The van der Waals surface area contributed by atoms with Crippen LogP contribution in [-0.4, -0.2) is 16.1 Å². The lowest BCUT2D eigenvalue weighted by atomic mass is 10.2. The number of hydrogen-bond acceptors (Lipinski definition) is 2. The summed E-state index contributed by atoms with van der Waals surface area (Å²) in [5.41, 5.74) is 1.75. The Bertz CT molecular complexity index is 479. The van der Waals surface area contributed by atoms with Crippen LogP contribution in [0.15, 0.2) is 41.1 Å². The van der Waals surface area contributed by atoms with Crippen molar-refractivity contribution in [3.8, 4) is 0 Å². The monoisotopic (exact) mass is 264 g/mol. The molecule has 1 aromatic heterocycles. The van der Waals surface area contributed by atoms with Gasteiger partial charge in [0.15, 0.2) is 6.29 Å². The van der Waals surface area contributed by atoms with Gasteiger partial charge in [0.05, 0.1) is 18.3 Å². The van der Waals surface area contributed by atoms with Crippen LogP contribution in [0.2, 0.25) is 0 Å². The molecule has 76 valence electrons. The van der Waals surface area contributed by atoms with Crippen molar-refractivity contribution >= 4 is 22.2 Å². The van der Waals surface area contributed by atoms with Gasteiger partial charge in [-0.15, -0.1) is 0 Å². The molecule has 1 heterocycles. The minimum absolute atomic E-state index is 0.602. The van der Waals surface area contributed by atoms with E-state index >= 15 is 0 Å². The van der Waals surface area contributed by atoms with Gasteiger partial charge in [-0.3, -0.25) is 9.48 Å². The van der Waals surface area contributed by atoms with Crippen LogP contribution < -0.4 is 0 Å². The van der Waals surface area contributed by atoms with Crippen molar-refractivity contribution in [3.63, 3.8) is 0 Å². The zero-order valence-electron chi connectivity index (χ0n) is 7.93. The van der Waals surface area contributed by atoms with E-state index in [-0.39, 0.29) is 0 Å². The third kappa shape index (κ3) is 2.53. The summed E-state index contributed by atoms with van der Waals surface area (Å²) < 4.78 is 2.79. The summed E-state index contributed by atoms with van der Waals surface area (Å²) in [6.07, 6.45) is 4.09. The SMILES string of the molecule is O=Cc1cnn(Cc2cccc(Br)c2)c1. The Hall–Kier alpha value is -1.42. The van der Waals surface area contributed by atoms with E-state index < -0.39 is 0 Å². The van der Waals surface area contributed by atoms with Crippen LogP contribution in [0.3, 0.4) is 0 Å². The smallest absolute Gasteiger partial charge is 0.153 e. The van der Waals surface area contributed by atoms with Crippen LogP contribution in [-0.2, 0) is 6.54 Å². The maximum atomic E-state index is 10.5. The number of nitrogens with zero attached hydrogens (tertiary/aromatic N) is 2. The van der Waals surface area contributed by atoms with Gasteiger partial charge in [0.25, 0.3) is 0 Å². The summed E-state index contributed by atoms with van der Waals surface area (Å²) in [6, 6.07) is 8.00. The maximum absolute atomic E-state index is 10.5. The van der Waals surface area contributed by atoms with Gasteiger partial charge < -0.3 is 0 Å². The van der Waals surface area contributed by atoms with E-state index in [4.69, 9.17) is 0 Å². The van der Waals surface area contributed by atoms with Crippen LogP contribution in [0.4, 0.5) is 0 Å². The van der Waals surface area contributed by atoms with E-state index in [1.54, 1.807) is 17.1 Å². The number of carbonyl (C=O) groups excluding carboxylic acids is 1. The van der Waals surface area contributed by atoms with Crippen LogP contribution in [0.25, 0.3) is 0 Å². The zero-order chi connectivity index (χ0) is 10.7. The molecule has 2 aromatic rings. The Morgan fingerprint density at radius 1 is 1.47 bits per heavy atom. The van der Waals surface area contributed by atoms with Crippen molar-refractivity contribution in [2.75, 3.05) is 0 Å². The lowest BCUT2D eigenvalue weighted by molar-refractivity contribution is 0.112. The topological polar surface area (TPSA) is 34.9 Å². The van der Waals surface area contributed by atoms with Crippen molar-refractivity contribution in [1.29, 1.82) is 0 Å². The number of carbonyl (C=O) groups is 1. The fourth-order valence-corrected chi connectivity index (χ4v) is 1.80. The highest BCUT2D eigenvalue weighted by Crippen LogP contribution is 2.12. The second kappa shape index (κ2) is 4.40. The van der Waals surface area contributed by atoms with Crippen molar-refractivity contribution in [3.05, 3.63) is 52.3 Å². The molecule has 1 aromatic carbocycles. The molecule has 0 spiro atoms. The molecule has 0 unspecified atom stereocenters. The Kier molecular flexibility index (Phi) is 2.97. The number of aromatic nitrogens is 2. The molecule has 4 heteroatoms. The predicted octanol–water partition coefficient (Wildman–Crippen LogP) is 2.51. The molecule has 0 radical (unpaired) electrons. The van der Waals surface area contributed by atoms with Gasteiger partial charge in [-0.2, -0.15) is 5.10 Å². The summed E-state index contributed by atoms with van der Waals surface area (Å²) >= 11 is 3.41. The minimum Gasteiger partial charge on any atom is -0.298 e. The summed E-state index contributed by atoms with van der Waals surface area (Å²) in [5.74, 6) is 0. The summed E-state index contributed by atoms with van der Waals surface area (Å²) in [4.78, 5) is 10.5. The Morgan fingerprint density at radius 3 is 3.00 bits per heavy atom. The number of rotatable bonds is 3. The lowest BCUT2D eigenvalue weighted by Gasteiger charge is -2.01. The van der Waals surface area contributed by atoms with Crippen molar-refractivity contribution in [1.82, 2.24) is 9.78 Å². The lowest BCUT2D eigenvalue weighted by Crippen LogP contribution is -1.99. The Morgan fingerprint density at radius 2 is 2.33 bits per heavy atom. The van der Waals surface area contributed by atoms with Gasteiger partial charge in [-0.1, -0.05) is 28.1 Å². The van der Waals surface area contributed by atoms with Crippen LogP contribution >= 0.6 is 15.9 Å². The van der Waals surface area contributed by atoms with Crippen LogP contribution in [0.5, 0.6) is 0 Å². The fourth-order valence-electron chi connectivity index (χ4n) is 1.35. The van der Waals surface area contributed by atoms with Crippen molar-refractivity contribution in [2.24, 2.45) is 0 Å². The zero-order valence-corrected chi connectivity index (χ0v) is 9.52. The highest BCUT2D eigenvalue weighted by molar-refractivity contribution is 9.10. The predicted molar refractivity (Wildman–Crippen MR) is 60.9 cm³/mol. The van der Waals surface area contributed by atoms with Gasteiger partial charge in [0.1, 0.15) is 0 Å². The van der Waals surface area contributed by atoms with E-state index in [0.717, 1.165) is 16.3 Å². The molecule has 0 N–H and O–H groups in total. The second-order valence-electron chi connectivity index (χ2n) is 3.22. The molecular formula is C11H9BrN2O. The second-order valence-corrected chi connectivity index (χ2v) is 4.13. The number of hydrogen-bond donors (Lipinski definition) is 0. The molecule has 3 nitrogen and oxygen atoms in total. The van der Waals surface area contributed by atoms with Gasteiger partial charge >= 0.3 is 0 Å². The third-order valence-electron chi connectivity index (χ3n) is 2.02. The van der Waals surface area contributed by atoms with Crippen LogP contribution in [0, 0.1) is 0 Å².